The first-order chi connectivity index (χ1) is 20.1. The van der Waals surface area contributed by atoms with E-state index in [9.17, 15) is 14.4 Å². The molecule has 0 fully saturated rings. The van der Waals surface area contributed by atoms with Gasteiger partial charge in [0.25, 0.3) is 0 Å². The number of rotatable bonds is 21. The monoisotopic (exact) mass is 596 g/mol. The Balaban J connectivity index is 2.38. The fourth-order valence-corrected chi connectivity index (χ4v) is 3.27. The molecule has 2 amide bonds. The molecule has 0 aliphatic rings. The van der Waals surface area contributed by atoms with Crippen LogP contribution in [0.5, 0.6) is 0 Å². The first-order valence-electron chi connectivity index (χ1n) is 13.7. The number of aryl methyl sites for hydroxylation is 1. The number of pyridine rings is 1. The molecule has 0 aliphatic heterocycles. The van der Waals surface area contributed by atoms with Gasteiger partial charge in [-0.25, -0.2) is 14.6 Å². The minimum atomic E-state index is -0.995. The van der Waals surface area contributed by atoms with E-state index in [2.05, 4.69) is 20.3 Å². The van der Waals surface area contributed by atoms with Crippen molar-refractivity contribution in [2.75, 3.05) is 78.0 Å². The van der Waals surface area contributed by atoms with Crippen molar-refractivity contribution >= 4 is 23.8 Å². The maximum absolute atomic E-state index is 12.8. The number of ether oxygens (including phenoxy) is 6. The van der Waals surface area contributed by atoms with Crippen LogP contribution in [-0.4, -0.2) is 108 Å². The smallest absolute Gasteiger partial charge is 0.416 e. The Morgan fingerprint density at radius 3 is 2.24 bits per heavy atom. The lowest BCUT2D eigenvalue weighted by Crippen LogP contribution is -2.45. The second-order valence-corrected chi connectivity index (χ2v) is 9.94. The summed E-state index contributed by atoms with van der Waals surface area (Å²) < 4.78 is 31.8. The molecule has 1 N–H and O–H groups in total. The van der Waals surface area contributed by atoms with Crippen molar-refractivity contribution in [3.63, 3.8) is 0 Å². The summed E-state index contributed by atoms with van der Waals surface area (Å²) in [5.41, 5.74) is 8.39. The molecule has 0 bridgehead atoms. The Labute approximate surface area is 246 Å². The lowest BCUT2D eigenvalue weighted by molar-refractivity contribution is -0.147. The molecule has 0 radical (unpaired) electrons. The molecular weight excluding hydrogens is 552 g/mol. The Morgan fingerprint density at radius 1 is 1.05 bits per heavy atom. The third kappa shape index (κ3) is 17.4. The van der Waals surface area contributed by atoms with Crippen LogP contribution in [0.15, 0.2) is 23.4 Å². The Hall–Kier alpha value is -3.49. The van der Waals surface area contributed by atoms with Crippen molar-refractivity contribution in [2.24, 2.45) is 5.11 Å². The van der Waals surface area contributed by atoms with Crippen molar-refractivity contribution in [1.82, 2.24) is 10.3 Å². The normalized spacial score (nSPS) is 11.7. The molecule has 15 nitrogen and oxygen atoms in total. The quantitative estimate of drug-likeness (QED) is 0.0727. The molecule has 1 atom stereocenters. The summed E-state index contributed by atoms with van der Waals surface area (Å²) in [5.74, 6) is -0.614. The van der Waals surface area contributed by atoms with Crippen LogP contribution in [0, 0.1) is 6.92 Å². The van der Waals surface area contributed by atoms with Crippen LogP contribution in [0.4, 0.5) is 10.6 Å². The van der Waals surface area contributed by atoms with Gasteiger partial charge in [-0.3, -0.25) is 9.69 Å². The largest absolute Gasteiger partial charge is 0.467 e. The molecule has 1 aromatic rings. The maximum Gasteiger partial charge on any atom is 0.416 e. The molecule has 1 rings (SSSR count). The SMILES string of the molecule is COC(=O)[C@H](COCCOCCOCCOCCN=[N+]=[N-])NC(=O)CCCN(C(=O)OC(C)(C)C)c1cc(C)ccn1. The predicted octanol–water partition coefficient (Wildman–Crippen LogP) is 2.95. The summed E-state index contributed by atoms with van der Waals surface area (Å²) in [5, 5.41) is 5.98. The summed E-state index contributed by atoms with van der Waals surface area (Å²) in [6.07, 6.45) is 1.38. The van der Waals surface area contributed by atoms with Gasteiger partial charge in [0.15, 0.2) is 6.04 Å². The van der Waals surface area contributed by atoms with Crippen LogP contribution in [0.25, 0.3) is 10.4 Å². The van der Waals surface area contributed by atoms with Crippen molar-refractivity contribution in [1.29, 1.82) is 0 Å². The van der Waals surface area contributed by atoms with Crippen molar-refractivity contribution in [3.05, 3.63) is 34.3 Å². The molecule has 0 saturated carbocycles. The number of azide groups is 1. The molecule has 236 valence electrons. The number of hydrogen-bond acceptors (Lipinski definition) is 11. The number of methoxy groups -OCH3 is 1. The molecule has 1 aromatic heterocycles. The van der Waals surface area contributed by atoms with E-state index in [1.807, 2.05) is 13.0 Å². The van der Waals surface area contributed by atoms with Crippen LogP contribution in [0.3, 0.4) is 0 Å². The van der Waals surface area contributed by atoms with Gasteiger partial charge in [-0.05, 0) is 57.3 Å². The molecular formula is C27H44N6O9. The summed E-state index contributed by atoms with van der Waals surface area (Å²) in [6, 6.07) is 2.58. The van der Waals surface area contributed by atoms with Gasteiger partial charge in [0.05, 0.1) is 60.0 Å². The molecule has 0 saturated heterocycles. The van der Waals surface area contributed by atoms with Gasteiger partial charge in [0, 0.05) is 30.6 Å². The van der Waals surface area contributed by atoms with Gasteiger partial charge in [0.2, 0.25) is 5.91 Å². The molecule has 15 heteroatoms. The van der Waals surface area contributed by atoms with Gasteiger partial charge >= 0.3 is 12.1 Å². The number of nitrogens with one attached hydrogen (secondary N) is 1. The molecule has 0 unspecified atom stereocenters. The Morgan fingerprint density at radius 2 is 1.67 bits per heavy atom. The minimum Gasteiger partial charge on any atom is -0.467 e. The molecule has 0 aliphatic carbocycles. The van der Waals surface area contributed by atoms with Crippen LogP contribution in [-0.2, 0) is 38.0 Å². The molecule has 1 heterocycles. The average Bonchev–Trinajstić information content (AvgIpc) is 2.93. The van der Waals surface area contributed by atoms with Crippen LogP contribution < -0.4 is 10.2 Å². The standard InChI is InChI=1S/C27H44N6O9/c1-21-8-9-29-23(19-21)33(26(36)42-27(2,3)4)11-6-7-24(34)31-22(25(35)37-5)20-41-18-17-40-16-15-39-14-13-38-12-10-30-32-28/h8-9,19,22H,6-7,10-18,20H2,1-5H3,(H,31,34)/t22-/m0/s1. The number of hydrogen-bond donors (Lipinski definition) is 1. The number of amides is 2. The second-order valence-electron chi connectivity index (χ2n) is 9.94. The van der Waals surface area contributed by atoms with E-state index in [0.29, 0.717) is 45.3 Å². The average molecular weight is 597 g/mol. The lowest BCUT2D eigenvalue weighted by atomic mass is 10.2. The number of esters is 1. The number of carbonyl (C=O) groups excluding carboxylic acids is 3. The van der Waals surface area contributed by atoms with Gasteiger partial charge in [-0.1, -0.05) is 5.11 Å². The van der Waals surface area contributed by atoms with Gasteiger partial charge < -0.3 is 33.7 Å². The highest BCUT2D eigenvalue weighted by atomic mass is 16.6. The van der Waals surface area contributed by atoms with E-state index in [1.54, 1.807) is 33.0 Å². The van der Waals surface area contributed by atoms with Crippen LogP contribution in [0.1, 0.15) is 39.2 Å². The van der Waals surface area contributed by atoms with Crippen LogP contribution in [0.2, 0.25) is 0 Å². The highest BCUT2D eigenvalue weighted by molar-refractivity contribution is 5.87. The summed E-state index contributed by atoms with van der Waals surface area (Å²) in [4.78, 5) is 45.9. The van der Waals surface area contributed by atoms with Crippen molar-refractivity contribution in [3.8, 4) is 0 Å². The first-order valence-corrected chi connectivity index (χ1v) is 13.7. The molecule has 42 heavy (non-hydrogen) atoms. The summed E-state index contributed by atoms with van der Waals surface area (Å²) in [7, 11) is 1.23. The van der Waals surface area contributed by atoms with Gasteiger partial charge in [0.1, 0.15) is 11.4 Å². The topological polar surface area (TPSA) is 184 Å². The van der Waals surface area contributed by atoms with E-state index in [-0.39, 0.29) is 39.3 Å². The zero-order chi connectivity index (χ0) is 31.2. The van der Waals surface area contributed by atoms with Gasteiger partial charge in [-0.15, -0.1) is 0 Å². The summed E-state index contributed by atoms with van der Waals surface area (Å²) >= 11 is 0. The third-order valence-corrected chi connectivity index (χ3v) is 5.20. The molecule has 0 spiro atoms. The maximum atomic E-state index is 12.8. The number of carbonyl (C=O) groups is 3. The number of anilines is 1. The zero-order valence-electron chi connectivity index (χ0n) is 25.2. The second kappa shape index (κ2) is 21.2. The Bertz CT molecular complexity index is 999. The highest BCUT2D eigenvalue weighted by Crippen LogP contribution is 2.18. The minimum absolute atomic E-state index is 0.0422. The molecule has 0 aromatic carbocycles. The first kappa shape index (κ1) is 36.5. The van der Waals surface area contributed by atoms with Gasteiger partial charge in [-0.2, -0.15) is 0 Å². The van der Waals surface area contributed by atoms with E-state index in [0.717, 1.165) is 5.56 Å². The summed E-state index contributed by atoms with van der Waals surface area (Å²) in [6.45, 7) is 9.86. The van der Waals surface area contributed by atoms with E-state index in [4.69, 9.17) is 34.0 Å². The number of aromatic nitrogens is 1. The fourth-order valence-electron chi connectivity index (χ4n) is 3.27. The fraction of sp³-hybridized carbons (Fsp3) is 0.704. The van der Waals surface area contributed by atoms with E-state index >= 15 is 0 Å². The third-order valence-electron chi connectivity index (χ3n) is 5.20. The van der Waals surface area contributed by atoms with E-state index in [1.165, 1.54) is 12.0 Å². The van der Waals surface area contributed by atoms with Crippen LogP contribution >= 0.6 is 0 Å². The Kier molecular flexibility index (Phi) is 18.5. The highest BCUT2D eigenvalue weighted by Gasteiger charge is 2.25. The number of nitrogens with zero attached hydrogens (tertiary/aromatic N) is 5. The van der Waals surface area contributed by atoms with Crippen molar-refractivity contribution < 1.29 is 42.8 Å². The zero-order valence-corrected chi connectivity index (χ0v) is 25.2. The lowest BCUT2D eigenvalue weighted by Gasteiger charge is -2.27. The predicted molar refractivity (Wildman–Crippen MR) is 153 cm³/mol. The van der Waals surface area contributed by atoms with Crippen molar-refractivity contribution in [2.45, 2.75) is 52.2 Å². The van der Waals surface area contributed by atoms with E-state index < -0.39 is 29.6 Å².